The lowest BCUT2D eigenvalue weighted by molar-refractivity contribution is 0.0981. The molecule has 0 fully saturated rings. The van der Waals surface area contributed by atoms with Crippen LogP contribution in [0.15, 0.2) is 24.3 Å². The lowest BCUT2D eigenvalue weighted by Gasteiger charge is -2.20. The van der Waals surface area contributed by atoms with Gasteiger partial charge in [0, 0.05) is 12.6 Å². The minimum absolute atomic E-state index is 0.0145. The SMILES string of the molecule is COc1ccc(OCC(O)CNC(CO)CC(C)C)cc1. The van der Waals surface area contributed by atoms with Crippen molar-refractivity contribution in [1.82, 2.24) is 5.32 Å². The molecule has 2 atom stereocenters. The van der Waals surface area contributed by atoms with Gasteiger partial charge in [-0.3, -0.25) is 0 Å². The molecule has 1 rings (SSSR count). The first-order valence-corrected chi connectivity index (χ1v) is 7.34. The summed E-state index contributed by atoms with van der Waals surface area (Å²) in [4.78, 5) is 0. The van der Waals surface area contributed by atoms with Crippen LogP contribution in [0.1, 0.15) is 20.3 Å². The first kappa shape index (κ1) is 17.8. The molecule has 120 valence electrons. The van der Waals surface area contributed by atoms with E-state index in [9.17, 15) is 10.2 Å². The van der Waals surface area contributed by atoms with Gasteiger partial charge in [0.2, 0.25) is 0 Å². The average molecular weight is 297 g/mol. The van der Waals surface area contributed by atoms with E-state index in [0.717, 1.165) is 12.2 Å². The third-order valence-electron chi connectivity index (χ3n) is 3.12. The van der Waals surface area contributed by atoms with Crippen LogP contribution in [0.4, 0.5) is 0 Å². The highest BCUT2D eigenvalue weighted by Crippen LogP contribution is 2.17. The Morgan fingerprint density at radius 1 is 1.14 bits per heavy atom. The van der Waals surface area contributed by atoms with Gasteiger partial charge in [0.25, 0.3) is 0 Å². The molecule has 1 aromatic carbocycles. The predicted molar refractivity (Wildman–Crippen MR) is 82.8 cm³/mol. The van der Waals surface area contributed by atoms with Crippen molar-refractivity contribution in [3.8, 4) is 11.5 Å². The molecule has 2 unspecified atom stereocenters. The van der Waals surface area contributed by atoms with E-state index in [1.807, 2.05) is 12.1 Å². The highest BCUT2D eigenvalue weighted by atomic mass is 16.5. The average Bonchev–Trinajstić information content (AvgIpc) is 2.49. The molecule has 0 aromatic heterocycles. The van der Waals surface area contributed by atoms with Crippen molar-refractivity contribution in [2.24, 2.45) is 5.92 Å². The number of ether oxygens (including phenoxy) is 2. The van der Waals surface area contributed by atoms with Crippen molar-refractivity contribution in [3.63, 3.8) is 0 Å². The van der Waals surface area contributed by atoms with E-state index >= 15 is 0 Å². The number of hydrogen-bond donors (Lipinski definition) is 3. The summed E-state index contributed by atoms with van der Waals surface area (Å²) in [5.74, 6) is 1.96. The Bertz CT molecular complexity index is 380. The van der Waals surface area contributed by atoms with Gasteiger partial charge in [0.1, 0.15) is 24.2 Å². The molecule has 0 heterocycles. The molecular formula is C16H27NO4. The molecule has 21 heavy (non-hydrogen) atoms. The smallest absolute Gasteiger partial charge is 0.119 e. The zero-order chi connectivity index (χ0) is 15.7. The van der Waals surface area contributed by atoms with Crippen molar-refractivity contribution in [2.45, 2.75) is 32.4 Å². The summed E-state index contributed by atoms with van der Waals surface area (Å²) >= 11 is 0. The van der Waals surface area contributed by atoms with Gasteiger partial charge in [0.05, 0.1) is 13.7 Å². The van der Waals surface area contributed by atoms with Gasteiger partial charge in [-0.05, 0) is 36.6 Å². The highest BCUT2D eigenvalue weighted by molar-refractivity contribution is 5.31. The molecule has 3 N–H and O–H groups in total. The third-order valence-corrected chi connectivity index (χ3v) is 3.12. The molecule has 0 saturated heterocycles. The first-order valence-electron chi connectivity index (χ1n) is 7.34. The van der Waals surface area contributed by atoms with Crippen LogP contribution in [0.5, 0.6) is 11.5 Å². The number of aliphatic hydroxyl groups excluding tert-OH is 2. The molecule has 0 saturated carbocycles. The number of hydrogen-bond acceptors (Lipinski definition) is 5. The van der Waals surface area contributed by atoms with Crippen LogP contribution in [-0.2, 0) is 0 Å². The summed E-state index contributed by atoms with van der Waals surface area (Å²) in [5.41, 5.74) is 0. The van der Waals surface area contributed by atoms with Crippen LogP contribution in [-0.4, -0.2) is 49.2 Å². The summed E-state index contributed by atoms with van der Waals surface area (Å²) in [7, 11) is 1.61. The molecular weight excluding hydrogens is 270 g/mol. The Kier molecular flexibility index (Phi) is 8.12. The maximum atomic E-state index is 9.90. The van der Waals surface area contributed by atoms with E-state index in [1.165, 1.54) is 0 Å². The Morgan fingerprint density at radius 3 is 2.29 bits per heavy atom. The molecule has 0 aliphatic carbocycles. The maximum absolute atomic E-state index is 9.90. The monoisotopic (exact) mass is 297 g/mol. The second-order valence-corrected chi connectivity index (χ2v) is 5.56. The van der Waals surface area contributed by atoms with Gasteiger partial charge in [-0.1, -0.05) is 13.8 Å². The van der Waals surface area contributed by atoms with E-state index in [-0.39, 0.29) is 19.3 Å². The van der Waals surface area contributed by atoms with Gasteiger partial charge >= 0.3 is 0 Å². The Balaban J connectivity index is 2.27. The van der Waals surface area contributed by atoms with E-state index < -0.39 is 6.10 Å². The van der Waals surface area contributed by atoms with E-state index in [4.69, 9.17) is 9.47 Å². The van der Waals surface area contributed by atoms with Crippen molar-refractivity contribution in [3.05, 3.63) is 24.3 Å². The predicted octanol–water partition coefficient (Wildman–Crippen LogP) is 1.43. The third kappa shape index (κ3) is 7.32. The summed E-state index contributed by atoms with van der Waals surface area (Å²) in [6.45, 7) is 4.89. The van der Waals surface area contributed by atoms with Crippen molar-refractivity contribution in [1.29, 1.82) is 0 Å². The van der Waals surface area contributed by atoms with Gasteiger partial charge in [-0.25, -0.2) is 0 Å². The van der Waals surface area contributed by atoms with E-state index in [0.29, 0.717) is 18.2 Å². The number of nitrogens with one attached hydrogen (secondary N) is 1. The Hall–Kier alpha value is -1.30. The van der Waals surface area contributed by atoms with Crippen LogP contribution in [0, 0.1) is 5.92 Å². The quantitative estimate of drug-likeness (QED) is 0.609. The zero-order valence-electron chi connectivity index (χ0n) is 13.1. The summed E-state index contributed by atoms with van der Waals surface area (Å²) in [6, 6.07) is 7.23. The molecule has 0 spiro atoms. The van der Waals surface area contributed by atoms with Gasteiger partial charge in [-0.2, -0.15) is 0 Å². The lowest BCUT2D eigenvalue weighted by atomic mass is 10.0. The van der Waals surface area contributed by atoms with Crippen LogP contribution >= 0.6 is 0 Å². The van der Waals surface area contributed by atoms with E-state index in [1.54, 1.807) is 19.2 Å². The minimum Gasteiger partial charge on any atom is -0.497 e. The van der Waals surface area contributed by atoms with Crippen LogP contribution < -0.4 is 14.8 Å². The number of rotatable bonds is 10. The van der Waals surface area contributed by atoms with E-state index in [2.05, 4.69) is 19.2 Å². The number of methoxy groups -OCH3 is 1. The lowest BCUT2D eigenvalue weighted by Crippen LogP contribution is -2.40. The Morgan fingerprint density at radius 2 is 1.76 bits per heavy atom. The molecule has 0 aliphatic heterocycles. The normalized spacial score (nSPS) is 14.0. The minimum atomic E-state index is -0.617. The van der Waals surface area contributed by atoms with Crippen molar-refractivity contribution >= 4 is 0 Å². The van der Waals surface area contributed by atoms with Gasteiger partial charge in [-0.15, -0.1) is 0 Å². The van der Waals surface area contributed by atoms with Crippen LogP contribution in [0.25, 0.3) is 0 Å². The second kappa shape index (κ2) is 9.60. The molecule has 0 aliphatic rings. The first-order chi connectivity index (χ1) is 10.0. The molecule has 1 aromatic rings. The fourth-order valence-corrected chi connectivity index (χ4v) is 2.02. The van der Waals surface area contributed by atoms with Gasteiger partial charge in [0.15, 0.2) is 0 Å². The van der Waals surface area contributed by atoms with Crippen LogP contribution in [0.2, 0.25) is 0 Å². The van der Waals surface area contributed by atoms with Gasteiger partial charge < -0.3 is 25.0 Å². The molecule has 5 nitrogen and oxygen atoms in total. The van der Waals surface area contributed by atoms with Crippen LogP contribution in [0.3, 0.4) is 0 Å². The topological polar surface area (TPSA) is 71.0 Å². The Labute approximate surface area is 126 Å². The molecule has 0 amide bonds. The molecule has 0 bridgehead atoms. The summed E-state index contributed by atoms with van der Waals surface area (Å²) in [5, 5.41) is 22.3. The summed E-state index contributed by atoms with van der Waals surface area (Å²) in [6.07, 6.45) is 0.260. The largest absolute Gasteiger partial charge is 0.497 e. The molecule has 5 heteroatoms. The second-order valence-electron chi connectivity index (χ2n) is 5.56. The standard InChI is InChI=1S/C16H27NO4/c1-12(2)8-13(10-18)17-9-14(19)11-21-16-6-4-15(20-3)5-7-16/h4-7,12-14,17-19H,8-11H2,1-3H3. The number of benzene rings is 1. The highest BCUT2D eigenvalue weighted by Gasteiger charge is 2.12. The fraction of sp³-hybridized carbons (Fsp3) is 0.625. The number of aliphatic hydroxyl groups is 2. The van der Waals surface area contributed by atoms with Crippen molar-refractivity contribution in [2.75, 3.05) is 26.9 Å². The zero-order valence-corrected chi connectivity index (χ0v) is 13.1. The fourth-order valence-electron chi connectivity index (χ4n) is 2.02. The summed E-state index contributed by atoms with van der Waals surface area (Å²) < 4.78 is 10.6. The maximum Gasteiger partial charge on any atom is 0.119 e. The van der Waals surface area contributed by atoms with Crippen molar-refractivity contribution < 1.29 is 19.7 Å². The molecule has 0 radical (unpaired) electrons.